The van der Waals surface area contributed by atoms with Crippen LogP contribution < -0.4 is 4.90 Å². The molecule has 11 heteroatoms. The number of carboxylic acids is 1. The Hall–Kier alpha value is -2.59. The van der Waals surface area contributed by atoms with Crippen molar-refractivity contribution in [3.63, 3.8) is 0 Å². The van der Waals surface area contributed by atoms with Gasteiger partial charge in [0.15, 0.2) is 0 Å². The van der Waals surface area contributed by atoms with Crippen LogP contribution in [-0.4, -0.2) is 44.7 Å². The topological polar surface area (TPSA) is 87.6 Å². The molecule has 0 spiro atoms. The number of alkyl halides is 4. The van der Waals surface area contributed by atoms with Gasteiger partial charge in [0.25, 0.3) is 5.92 Å². The molecule has 0 saturated carbocycles. The summed E-state index contributed by atoms with van der Waals surface area (Å²) in [6, 6.07) is 7.91. The molecule has 3 rings (SSSR count). The van der Waals surface area contributed by atoms with Gasteiger partial charge in [0.1, 0.15) is 5.03 Å². The minimum Gasteiger partial charge on any atom is -0.478 e. The highest BCUT2D eigenvalue weighted by atomic mass is 35.5. The third-order valence-corrected chi connectivity index (χ3v) is 5.83. The van der Waals surface area contributed by atoms with Crippen molar-refractivity contribution in [2.24, 2.45) is 0 Å². The second-order valence-corrected chi connectivity index (χ2v) is 8.02. The number of benzene rings is 1. The van der Waals surface area contributed by atoms with E-state index in [9.17, 15) is 32.7 Å². The van der Waals surface area contributed by atoms with Crippen LogP contribution in [0.3, 0.4) is 0 Å². The summed E-state index contributed by atoms with van der Waals surface area (Å²) in [6.45, 7) is 0. The molecule has 158 valence electrons. The average molecular weight is 459 g/mol. The largest absolute Gasteiger partial charge is 0.478 e. The van der Waals surface area contributed by atoms with E-state index in [0.29, 0.717) is 0 Å². The van der Waals surface area contributed by atoms with Crippen molar-refractivity contribution in [3.05, 3.63) is 53.7 Å². The van der Waals surface area contributed by atoms with E-state index < -0.39 is 41.0 Å². The molecule has 1 aliphatic heterocycles. The van der Waals surface area contributed by atoms with Crippen LogP contribution in [0.15, 0.2) is 47.6 Å². The number of nitrogens with zero attached hydrogens (tertiary/aromatic N) is 2. The number of hydrogen-bond acceptors (Lipinski definition) is 5. The normalized spacial score (nSPS) is 18.0. The summed E-state index contributed by atoms with van der Waals surface area (Å²) in [7, 11) is 0. The molecule has 2 atom stereocenters. The second kappa shape index (κ2) is 8.65. The second-order valence-electron chi connectivity index (χ2n) is 6.44. The first-order valence-corrected chi connectivity index (χ1v) is 9.88. The number of rotatable bonds is 7. The van der Waals surface area contributed by atoms with Gasteiger partial charge in [-0.05, 0) is 29.8 Å². The molecule has 1 aromatic carbocycles. The zero-order valence-electron chi connectivity index (χ0n) is 15.1. The van der Waals surface area contributed by atoms with Crippen LogP contribution in [0.4, 0.5) is 18.9 Å². The van der Waals surface area contributed by atoms with Crippen LogP contribution in [-0.2, 0) is 16.0 Å². The Morgan fingerprint density at radius 1 is 1.30 bits per heavy atom. The first kappa shape index (κ1) is 22.1. The van der Waals surface area contributed by atoms with E-state index in [-0.39, 0.29) is 28.3 Å². The minimum atomic E-state index is -3.76. The van der Waals surface area contributed by atoms with Gasteiger partial charge in [0, 0.05) is 19.0 Å². The van der Waals surface area contributed by atoms with E-state index in [1.807, 2.05) is 0 Å². The smallest absolute Gasteiger partial charge is 0.338 e. The monoisotopic (exact) mass is 458 g/mol. The molecule has 0 aliphatic carbocycles. The SMILES string of the molecule is O=C(O)c1cccnc1S[C@H]1CC(=O)N(c2ccc(CC(F)(F)[C@H](F)Cl)cc2)C1=O. The third-order valence-electron chi connectivity index (χ3n) is 4.31. The molecule has 2 amide bonds. The molecular weight excluding hydrogens is 445 g/mol. The fraction of sp³-hybridized carbons (Fsp3) is 0.263. The van der Waals surface area contributed by atoms with Crippen molar-refractivity contribution in [1.82, 2.24) is 4.98 Å². The molecule has 0 bridgehead atoms. The Morgan fingerprint density at radius 2 is 1.97 bits per heavy atom. The predicted molar refractivity (Wildman–Crippen MR) is 104 cm³/mol. The quantitative estimate of drug-likeness (QED) is 0.500. The fourth-order valence-electron chi connectivity index (χ4n) is 2.86. The van der Waals surface area contributed by atoms with Gasteiger partial charge >= 0.3 is 5.97 Å². The van der Waals surface area contributed by atoms with Crippen LogP contribution in [0.2, 0.25) is 0 Å². The van der Waals surface area contributed by atoms with Crippen LogP contribution in [0.5, 0.6) is 0 Å². The molecule has 1 saturated heterocycles. The highest BCUT2D eigenvalue weighted by Gasteiger charge is 2.41. The molecule has 0 radical (unpaired) electrons. The molecule has 1 fully saturated rings. The molecule has 2 aromatic rings. The number of anilines is 1. The Kier molecular flexibility index (Phi) is 6.37. The summed E-state index contributed by atoms with van der Waals surface area (Å²) in [5.41, 5.74) is -2.67. The summed E-state index contributed by atoms with van der Waals surface area (Å²) in [4.78, 5) is 41.3. The minimum absolute atomic E-state index is 0.0802. The van der Waals surface area contributed by atoms with Crippen LogP contribution in [0.25, 0.3) is 0 Å². The zero-order valence-corrected chi connectivity index (χ0v) is 16.7. The van der Waals surface area contributed by atoms with Crippen LogP contribution in [0, 0.1) is 0 Å². The molecule has 2 heterocycles. The van der Waals surface area contributed by atoms with Crippen LogP contribution in [0.1, 0.15) is 22.3 Å². The lowest BCUT2D eigenvalue weighted by molar-refractivity contribution is -0.121. The van der Waals surface area contributed by atoms with E-state index in [1.165, 1.54) is 42.6 Å². The van der Waals surface area contributed by atoms with Crippen molar-refractivity contribution in [2.75, 3.05) is 4.90 Å². The van der Waals surface area contributed by atoms with Crippen molar-refractivity contribution < 1.29 is 32.7 Å². The predicted octanol–water partition coefficient (Wildman–Crippen LogP) is 3.92. The number of carbonyl (C=O) groups is 3. The number of pyridine rings is 1. The van der Waals surface area contributed by atoms with Gasteiger partial charge in [-0.2, -0.15) is 0 Å². The Balaban J connectivity index is 1.76. The number of amides is 2. The van der Waals surface area contributed by atoms with Crippen molar-refractivity contribution >= 4 is 46.8 Å². The molecule has 0 unspecified atom stereocenters. The van der Waals surface area contributed by atoms with Gasteiger partial charge in [0.05, 0.1) is 16.5 Å². The van der Waals surface area contributed by atoms with Gasteiger partial charge in [-0.1, -0.05) is 35.5 Å². The van der Waals surface area contributed by atoms with Gasteiger partial charge in [-0.25, -0.2) is 27.8 Å². The first-order chi connectivity index (χ1) is 14.1. The average Bonchev–Trinajstić information content (AvgIpc) is 2.95. The van der Waals surface area contributed by atoms with Crippen molar-refractivity contribution in [1.29, 1.82) is 0 Å². The van der Waals surface area contributed by atoms with E-state index >= 15 is 0 Å². The Morgan fingerprint density at radius 3 is 2.57 bits per heavy atom. The van der Waals surface area contributed by atoms with Crippen molar-refractivity contribution in [2.45, 2.75) is 34.7 Å². The lowest BCUT2D eigenvalue weighted by atomic mass is 10.1. The maximum atomic E-state index is 13.4. The highest BCUT2D eigenvalue weighted by Crippen LogP contribution is 2.35. The van der Waals surface area contributed by atoms with E-state index in [0.717, 1.165) is 16.7 Å². The fourth-order valence-corrected chi connectivity index (χ4v) is 4.04. The number of carboxylic acid groups (broad SMARTS) is 1. The number of carbonyl (C=O) groups excluding carboxylic acids is 2. The number of thioether (sulfide) groups is 1. The number of hydrogen-bond donors (Lipinski definition) is 1. The summed E-state index contributed by atoms with van der Waals surface area (Å²) >= 11 is 5.72. The lowest BCUT2D eigenvalue weighted by Gasteiger charge is -2.18. The maximum Gasteiger partial charge on any atom is 0.338 e. The summed E-state index contributed by atoms with van der Waals surface area (Å²) < 4.78 is 39.6. The molecule has 1 N–H and O–H groups in total. The number of imide groups is 1. The molecule has 1 aliphatic rings. The number of aromatic carboxylic acids is 1. The Labute approximate surface area is 178 Å². The van der Waals surface area contributed by atoms with Gasteiger partial charge in [0.2, 0.25) is 17.4 Å². The molecule has 6 nitrogen and oxygen atoms in total. The zero-order chi connectivity index (χ0) is 22.1. The third kappa shape index (κ3) is 4.59. The highest BCUT2D eigenvalue weighted by molar-refractivity contribution is 8.00. The van der Waals surface area contributed by atoms with Crippen molar-refractivity contribution in [3.8, 4) is 0 Å². The summed E-state index contributed by atoms with van der Waals surface area (Å²) in [5.74, 6) is -6.06. The van der Waals surface area contributed by atoms with E-state index in [1.54, 1.807) is 0 Å². The Bertz CT molecular complexity index is 988. The van der Waals surface area contributed by atoms with E-state index in [4.69, 9.17) is 11.6 Å². The summed E-state index contributed by atoms with van der Waals surface area (Å²) in [5, 5.41) is 8.46. The van der Waals surface area contributed by atoms with Crippen LogP contribution >= 0.6 is 23.4 Å². The standard InChI is InChI=1S/C19H14ClF3N2O4S/c20-18(21)19(22,23)9-10-3-5-11(6-4-10)25-14(26)8-13(16(25)27)30-15-12(17(28)29)2-1-7-24-15/h1-7,13,18H,8-9H2,(H,28,29)/t13-,18-/m0/s1. The number of halogens is 4. The first-order valence-electron chi connectivity index (χ1n) is 8.57. The van der Waals surface area contributed by atoms with Gasteiger partial charge in [-0.3, -0.25) is 9.59 Å². The lowest BCUT2D eigenvalue weighted by Crippen LogP contribution is -2.31. The molecular formula is C19H14ClF3N2O4S. The molecule has 30 heavy (non-hydrogen) atoms. The maximum absolute atomic E-state index is 13.4. The summed E-state index contributed by atoms with van der Waals surface area (Å²) in [6.07, 6.45) is 0.274. The van der Waals surface area contributed by atoms with Gasteiger partial charge < -0.3 is 5.11 Å². The van der Waals surface area contributed by atoms with Gasteiger partial charge in [-0.15, -0.1) is 0 Å². The molecule has 1 aromatic heterocycles. The number of aromatic nitrogens is 1. The van der Waals surface area contributed by atoms with E-state index in [2.05, 4.69) is 4.98 Å².